The van der Waals surface area contributed by atoms with Crippen LogP contribution in [0.2, 0.25) is 0 Å². The second-order valence-corrected chi connectivity index (χ2v) is 11.2. The average molecular weight is 415 g/mol. The number of hydrogen-bond donors (Lipinski definition) is 1. The maximum absolute atomic E-state index is 12.0. The van der Waals surface area contributed by atoms with Crippen LogP contribution >= 0.6 is 0 Å². The van der Waals surface area contributed by atoms with E-state index in [0.29, 0.717) is 35.9 Å². The summed E-state index contributed by atoms with van der Waals surface area (Å²) >= 11 is 0. The Kier molecular flexibility index (Phi) is 6.70. The topological polar surface area (TPSA) is 54.4 Å². The van der Waals surface area contributed by atoms with Crippen LogP contribution < -0.4 is 0 Å². The molecule has 0 saturated heterocycles. The number of carbonyl (C=O) groups excluding carboxylic acids is 1. The van der Waals surface area contributed by atoms with Gasteiger partial charge in [-0.05, 0) is 72.7 Å². The normalized spacial score (nSPS) is 36.7. The molecule has 0 aromatic heterocycles. The zero-order chi connectivity index (χ0) is 22.3. The number of rotatable bonds is 7. The number of ketones is 1. The number of carboxylic acid groups (broad SMARTS) is 1. The van der Waals surface area contributed by atoms with E-state index in [-0.39, 0.29) is 16.7 Å². The Morgan fingerprint density at radius 1 is 1.20 bits per heavy atom. The van der Waals surface area contributed by atoms with Crippen LogP contribution in [0.5, 0.6) is 0 Å². The van der Waals surface area contributed by atoms with E-state index in [4.69, 9.17) is 5.11 Å². The molecule has 0 spiro atoms. The molecule has 168 valence electrons. The fourth-order valence-corrected chi connectivity index (χ4v) is 6.81. The highest BCUT2D eigenvalue weighted by atomic mass is 16.4. The number of aliphatic carboxylic acids is 1. The highest BCUT2D eigenvalue weighted by Crippen LogP contribution is 2.61. The predicted octanol–water partition coefficient (Wildman–Crippen LogP) is 6.83. The number of carboxylic acids is 1. The minimum atomic E-state index is -0.676. The molecule has 3 nitrogen and oxygen atoms in total. The second-order valence-electron chi connectivity index (χ2n) is 11.2. The molecule has 0 amide bonds. The largest absolute Gasteiger partial charge is 0.481 e. The SMILES string of the molecule is CC(CCCC(C)C(C)C1(C)CCC2C(=CCC3=CC(=O)CCC32C)C1C)C(=O)O. The highest BCUT2D eigenvalue weighted by Gasteiger charge is 2.52. The lowest BCUT2D eigenvalue weighted by atomic mass is 9.48. The van der Waals surface area contributed by atoms with E-state index >= 15 is 0 Å². The van der Waals surface area contributed by atoms with Gasteiger partial charge < -0.3 is 5.11 Å². The Hall–Kier alpha value is -1.38. The molecule has 7 atom stereocenters. The summed E-state index contributed by atoms with van der Waals surface area (Å²) in [5, 5.41) is 9.14. The maximum Gasteiger partial charge on any atom is 0.306 e. The van der Waals surface area contributed by atoms with Crippen LogP contribution in [0, 0.1) is 40.4 Å². The van der Waals surface area contributed by atoms with Crippen molar-refractivity contribution in [3.63, 3.8) is 0 Å². The van der Waals surface area contributed by atoms with Crippen LogP contribution in [0.3, 0.4) is 0 Å². The van der Waals surface area contributed by atoms with Gasteiger partial charge in [-0.15, -0.1) is 0 Å². The van der Waals surface area contributed by atoms with Gasteiger partial charge in [-0.1, -0.05) is 71.6 Å². The minimum absolute atomic E-state index is 0.176. The smallest absolute Gasteiger partial charge is 0.306 e. The molecule has 3 aliphatic rings. The van der Waals surface area contributed by atoms with E-state index in [2.05, 4.69) is 40.7 Å². The lowest BCUT2D eigenvalue weighted by Gasteiger charge is -2.56. The van der Waals surface area contributed by atoms with E-state index in [0.717, 1.165) is 32.1 Å². The van der Waals surface area contributed by atoms with Crippen molar-refractivity contribution in [3.05, 3.63) is 23.3 Å². The quantitative estimate of drug-likeness (QED) is 0.465. The van der Waals surface area contributed by atoms with Gasteiger partial charge in [0, 0.05) is 6.42 Å². The summed E-state index contributed by atoms with van der Waals surface area (Å²) in [5.41, 5.74) is 3.48. The zero-order valence-corrected chi connectivity index (χ0v) is 20.0. The molecular formula is C27H42O3. The van der Waals surface area contributed by atoms with Gasteiger partial charge in [0.2, 0.25) is 0 Å². The molecule has 30 heavy (non-hydrogen) atoms. The van der Waals surface area contributed by atoms with Crippen molar-refractivity contribution in [1.82, 2.24) is 0 Å². The molecule has 0 aromatic rings. The summed E-state index contributed by atoms with van der Waals surface area (Å²) in [6.45, 7) is 14.0. The fourth-order valence-electron chi connectivity index (χ4n) is 6.81. The van der Waals surface area contributed by atoms with E-state index < -0.39 is 5.97 Å². The maximum atomic E-state index is 12.0. The number of carbonyl (C=O) groups is 2. The number of fused-ring (bicyclic) bond motifs is 3. The monoisotopic (exact) mass is 414 g/mol. The number of allylic oxidation sites excluding steroid dienone is 4. The Bertz CT molecular complexity index is 747. The van der Waals surface area contributed by atoms with Gasteiger partial charge in [-0.2, -0.15) is 0 Å². The third-order valence-electron chi connectivity index (χ3n) is 9.76. The Balaban J connectivity index is 1.72. The van der Waals surface area contributed by atoms with E-state index in [1.807, 2.05) is 13.0 Å². The molecule has 0 bridgehead atoms. The molecule has 7 unspecified atom stereocenters. The zero-order valence-electron chi connectivity index (χ0n) is 20.0. The van der Waals surface area contributed by atoms with Crippen molar-refractivity contribution in [2.45, 2.75) is 92.9 Å². The van der Waals surface area contributed by atoms with Crippen molar-refractivity contribution >= 4 is 11.8 Å². The van der Waals surface area contributed by atoms with Crippen LogP contribution in [-0.2, 0) is 9.59 Å². The van der Waals surface area contributed by atoms with Crippen LogP contribution in [0.1, 0.15) is 92.9 Å². The number of hydrogen-bond acceptors (Lipinski definition) is 2. The van der Waals surface area contributed by atoms with Gasteiger partial charge in [0.05, 0.1) is 5.92 Å². The van der Waals surface area contributed by atoms with Crippen molar-refractivity contribution in [2.75, 3.05) is 0 Å². The molecule has 0 aliphatic heterocycles. The summed E-state index contributed by atoms with van der Waals surface area (Å²) in [5.74, 6) is 1.74. The summed E-state index contributed by atoms with van der Waals surface area (Å²) in [7, 11) is 0. The first kappa shape index (κ1) is 23.3. The van der Waals surface area contributed by atoms with Crippen LogP contribution in [-0.4, -0.2) is 16.9 Å². The van der Waals surface area contributed by atoms with Crippen molar-refractivity contribution in [2.24, 2.45) is 40.4 Å². The first-order valence-corrected chi connectivity index (χ1v) is 12.2. The first-order chi connectivity index (χ1) is 14.0. The van der Waals surface area contributed by atoms with Gasteiger partial charge in [0.25, 0.3) is 0 Å². The molecule has 3 aliphatic carbocycles. The van der Waals surface area contributed by atoms with E-state index in [1.54, 1.807) is 5.57 Å². The van der Waals surface area contributed by atoms with E-state index in [1.165, 1.54) is 18.4 Å². The second kappa shape index (κ2) is 8.63. The Labute approximate surface area is 183 Å². The fraction of sp³-hybridized carbons (Fsp3) is 0.778. The van der Waals surface area contributed by atoms with Gasteiger partial charge in [0.15, 0.2) is 5.78 Å². The molecule has 0 aromatic carbocycles. The van der Waals surface area contributed by atoms with Crippen LogP contribution in [0.15, 0.2) is 23.3 Å². The lowest BCUT2D eigenvalue weighted by Crippen LogP contribution is -2.47. The molecule has 0 radical (unpaired) electrons. The Morgan fingerprint density at radius 2 is 1.90 bits per heavy atom. The average Bonchev–Trinajstić information content (AvgIpc) is 2.70. The molecule has 0 heterocycles. The molecule has 1 N–H and O–H groups in total. The summed E-state index contributed by atoms with van der Waals surface area (Å²) < 4.78 is 0. The molecule has 1 fully saturated rings. The van der Waals surface area contributed by atoms with Crippen molar-refractivity contribution in [1.29, 1.82) is 0 Å². The summed E-state index contributed by atoms with van der Waals surface area (Å²) in [6, 6.07) is 0. The van der Waals surface area contributed by atoms with Crippen LogP contribution in [0.4, 0.5) is 0 Å². The highest BCUT2D eigenvalue weighted by molar-refractivity contribution is 5.91. The molecule has 3 rings (SSSR count). The van der Waals surface area contributed by atoms with Crippen LogP contribution in [0.25, 0.3) is 0 Å². The molecular weight excluding hydrogens is 372 g/mol. The molecule has 3 heteroatoms. The van der Waals surface area contributed by atoms with Gasteiger partial charge >= 0.3 is 5.97 Å². The van der Waals surface area contributed by atoms with Gasteiger partial charge in [0.1, 0.15) is 0 Å². The van der Waals surface area contributed by atoms with Crippen molar-refractivity contribution in [3.8, 4) is 0 Å². The molecule has 1 saturated carbocycles. The standard InChI is InChI=1S/C27H42O3/c1-17(8-7-9-18(2)25(29)30)19(3)26(5)15-13-24-23(20(26)4)11-10-21-16-22(28)12-14-27(21,24)6/h11,16-20,24H,7-10,12-15H2,1-6H3,(H,29,30). The summed E-state index contributed by atoms with van der Waals surface area (Å²) in [6.07, 6.45) is 12.4. The van der Waals surface area contributed by atoms with Crippen molar-refractivity contribution < 1.29 is 14.7 Å². The third-order valence-corrected chi connectivity index (χ3v) is 9.76. The van der Waals surface area contributed by atoms with Gasteiger partial charge in [-0.25, -0.2) is 0 Å². The first-order valence-electron chi connectivity index (χ1n) is 12.2. The van der Waals surface area contributed by atoms with Gasteiger partial charge in [-0.3, -0.25) is 9.59 Å². The third kappa shape index (κ3) is 4.06. The summed E-state index contributed by atoms with van der Waals surface area (Å²) in [4.78, 5) is 23.1. The minimum Gasteiger partial charge on any atom is -0.481 e. The predicted molar refractivity (Wildman–Crippen MR) is 122 cm³/mol. The Morgan fingerprint density at radius 3 is 2.57 bits per heavy atom. The van der Waals surface area contributed by atoms with E-state index in [9.17, 15) is 9.59 Å². The lowest BCUT2D eigenvalue weighted by molar-refractivity contribution is -0.141.